The number of hydrogen-bond donors (Lipinski definition) is 0. The van der Waals surface area contributed by atoms with E-state index in [4.69, 9.17) is 23.2 Å². The van der Waals surface area contributed by atoms with Gasteiger partial charge in [0, 0.05) is 11.6 Å². The Hall–Kier alpha value is -3.47. The van der Waals surface area contributed by atoms with Crippen LogP contribution < -0.4 is 14.2 Å². The molecule has 0 bridgehead atoms. The highest BCUT2D eigenvalue weighted by Crippen LogP contribution is 2.43. The first-order chi connectivity index (χ1) is 17.2. The number of furan rings is 1. The Labute approximate surface area is 207 Å². The summed E-state index contributed by atoms with van der Waals surface area (Å²) in [6.07, 6.45) is 7.34. The second kappa shape index (κ2) is 10.4. The van der Waals surface area contributed by atoms with Gasteiger partial charge in [-0.2, -0.15) is 4.98 Å². The maximum absolute atomic E-state index is 5.57. The molecule has 1 fully saturated rings. The molecule has 1 aromatic carbocycles. The lowest BCUT2D eigenvalue weighted by Crippen LogP contribution is -2.15. The summed E-state index contributed by atoms with van der Waals surface area (Å²) in [5.41, 5.74) is 0.849. The van der Waals surface area contributed by atoms with Gasteiger partial charge in [0.05, 0.1) is 33.3 Å². The van der Waals surface area contributed by atoms with Gasteiger partial charge in [-0.15, -0.1) is 10.2 Å². The number of methoxy groups -OCH3 is 3. The predicted octanol–water partition coefficient (Wildman–Crippen LogP) is 5.41. The van der Waals surface area contributed by atoms with Crippen LogP contribution in [0.3, 0.4) is 0 Å². The molecule has 0 saturated heterocycles. The SMILES string of the molecule is COc1cc(-c2nnc(SCc3nc(-c4ccco4)no3)n2C2CCCCC2)cc(OC)c1OC. The molecule has 5 rings (SSSR count). The second-order valence-electron chi connectivity index (χ2n) is 8.16. The fourth-order valence-electron chi connectivity index (χ4n) is 4.40. The smallest absolute Gasteiger partial charge is 0.238 e. The molecule has 0 amide bonds. The van der Waals surface area contributed by atoms with Gasteiger partial charge in [0.1, 0.15) is 0 Å². The molecule has 4 aromatic rings. The van der Waals surface area contributed by atoms with Crippen molar-refractivity contribution < 1.29 is 23.2 Å². The highest BCUT2D eigenvalue weighted by molar-refractivity contribution is 7.98. The van der Waals surface area contributed by atoms with Gasteiger partial charge in [0.25, 0.3) is 0 Å². The van der Waals surface area contributed by atoms with Crippen molar-refractivity contribution in [2.75, 3.05) is 21.3 Å². The molecule has 0 spiro atoms. The van der Waals surface area contributed by atoms with E-state index in [9.17, 15) is 0 Å². The van der Waals surface area contributed by atoms with E-state index in [1.54, 1.807) is 39.7 Å². The zero-order valence-electron chi connectivity index (χ0n) is 19.9. The van der Waals surface area contributed by atoms with Crippen LogP contribution in [0.25, 0.3) is 23.0 Å². The van der Waals surface area contributed by atoms with Gasteiger partial charge >= 0.3 is 0 Å². The summed E-state index contributed by atoms with van der Waals surface area (Å²) in [7, 11) is 4.80. The third kappa shape index (κ3) is 4.72. The zero-order chi connectivity index (χ0) is 24.2. The van der Waals surface area contributed by atoms with E-state index in [-0.39, 0.29) is 0 Å². The monoisotopic (exact) mass is 497 g/mol. The summed E-state index contributed by atoms with van der Waals surface area (Å²) in [6, 6.07) is 7.71. The van der Waals surface area contributed by atoms with Crippen LogP contribution in [0.15, 0.2) is 44.6 Å². The number of rotatable bonds is 9. The summed E-state index contributed by atoms with van der Waals surface area (Å²) < 4.78 is 29.6. The molecular weight excluding hydrogens is 470 g/mol. The van der Waals surface area contributed by atoms with Gasteiger partial charge in [0.15, 0.2) is 28.2 Å². The Bertz CT molecular complexity index is 1240. The lowest BCUT2D eigenvalue weighted by molar-refractivity contribution is 0.324. The average Bonchev–Trinajstić information content (AvgIpc) is 3.67. The first kappa shape index (κ1) is 23.3. The molecular formula is C24H27N5O5S. The standard InChI is InChI=1S/C24H27N5O5S/c1-30-18-12-15(13-19(31-2)21(18)32-3)23-26-27-24(29(23)16-8-5-4-6-9-16)35-14-20-25-22(28-34-20)17-10-7-11-33-17/h7,10-13,16H,4-6,8-9,14H2,1-3H3. The van der Waals surface area contributed by atoms with Crippen molar-refractivity contribution in [2.24, 2.45) is 0 Å². The van der Waals surface area contributed by atoms with Crippen LogP contribution in [0.5, 0.6) is 17.2 Å². The largest absolute Gasteiger partial charge is 0.493 e. The number of aromatic nitrogens is 5. The van der Waals surface area contributed by atoms with Gasteiger partial charge in [-0.05, 0) is 37.1 Å². The number of benzene rings is 1. The summed E-state index contributed by atoms with van der Waals surface area (Å²) in [4.78, 5) is 4.44. The summed E-state index contributed by atoms with van der Waals surface area (Å²) >= 11 is 1.52. The van der Waals surface area contributed by atoms with Crippen molar-refractivity contribution in [1.82, 2.24) is 24.9 Å². The van der Waals surface area contributed by atoms with Gasteiger partial charge in [-0.25, -0.2) is 0 Å². The average molecular weight is 498 g/mol. The fourth-order valence-corrected chi connectivity index (χ4v) is 5.24. The lowest BCUT2D eigenvalue weighted by Gasteiger charge is -2.25. The van der Waals surface area contributed by atoms with Crippen molar-refractivity contribution in [3.05, 3.63) is 36.4 Å². The molecule has 10 nitrogen and oxygen atoms in total. The summed E-state index contributed by atoms with van der Waals surface area (Å²) in [5, 5.41) is 14.0. The molecule has 11 heteroatoms. The first-order valence-electron chi connectivity index (χ1n) is 11.5. The molecule has 0 N–H and O–H groups in total. The van der Waals surface area contributed by atoms with E-state index in [2.05, 4.69) is 24.9 Å². The number of hydrogen-bond acceptors (Lipinski definition) is 10. The molecule has 3 aromatic heterocycles. The molecule has 0 aliphatic heterocycles. The minimum atomic E-state index is 0.303. The van der Waals surface area contributed by atoms with Crippen LogP contribution in [-0.4, -0.2) is 46.2 Å². The van der Waals surface area contributed by atoms with Crippen molar-refractivity contribution in [2.45, 2.75) is 49.1 Å². The van der Waals surface area contributed by atoms with E-state index in [1.807, 2.05) is 12.1 Å². The quantitative estimate of drug-likeness (QED) is 0.278. The van der Waals surface area contributed by atoms with E-state index in [0.717, 1.165) is 29.4 Å². The Kier molecular flexibility index (Phi) is 6.94. The number of thioether (sulfide) groups is 1. The Morgan fingerprint density at radius 2 is 1.80 bits per heavy atom. The van der Waals surface area contributed by atoms with Gasteiger partial charge < -0.3 is 23.2 Å². The molecule has 35 heavy (non-hydrogen) atoms. The fraction of sp³-hybridized carbons (Fsp3) is 0.417. The van der Waals surface area contributed by atoms with E-state index in [1.165, 1.54) is 31.0 Å². The van der Waals surface area contributed by atoms with Crippen molar-refractivity contribution >= 4 is 11.8 Å². The Balaban J connectivity index is 1.47. The summed E-state index contributed by atoms with van der Waals surface area (Å²) in [6.45, 7) is 0. The van der Waals surface area contributed by atoms with Crippen LogP contribution in [0, 0.1) is 0 Å². The minimum absolute atomic E-state index is 0.303. The molecule has 1 aliphatic rings. The Morgan fingerprint density at radius 3 is 2.46 bits per heavy atom. The van der Waals surface area contributed by atoms with Gasteiger partial charge in [-0.3, -0.25) is 4.57 Å². The van der Waals surface area contributed by atoms with Gasteiger partial charge in [0.2, 0.25) is 17.5 Å². The van der Waals surface area contributed by atoms with Crippen LogP contribution in [0.1, 0.15) is 44.0 Å². The molecule has 0 unspecified atom stereocenters. The van der Waals surface area contributed by atoms with Gasteiger partial charge in [-0.1, -0.05) is 36.2 Å². The maximum atomic E-state index is 5.57. The molecule has 1 saturated carbocycles. The predicted molar refractivity (Wildman–Crippen MR) is 129 cm³/mol. The highest BCUT2D eigenvalue weighted by atomic mass is 32.2. The van der Waals surface area contributed by atoms with Crippen LogP contribution in [0.4, 0.5) is 0 Å². The highest BCUT2D eigenvalue weighted by Gasteiger charge is 2.26. The van der Waals surface area contributed by atoms with E-state index < -0.39 is 0 Å². The molecule has 184 valence electrons. The molecule has 0 atom stereocenters. The van der Waals surface area contributed by atoms with Crippen molar-refractivity contribution in [3.8, 4) is 40.2 Å². The zero-order valence-corrected chi connectivity index (χ0v) is 20.7. The van der Waals surface area contributed by atoms with E-state index in [0.29, 0.717) is 46.5 Å². The van der Waals surface area contributed by atoms with Crippen molar-refractivity contribution in [3.63, 3.8) is 0 Å². The topological polar surface area (TPSA) is 110 Å². The number of ether oxygens (including phenoxy) is 3. The van der Waals surface area contributed by atoms with Crippen molar-refractivity contribution in [1.29, 1.82) is 0 Å². The number of nitrogens with zero attached hydrogens (tertiary/aromatic N) is 5. The Morgan fingerprint density at radius 1 is 1.03 bits per heavy atom. The van der Waals surface area contributed by atoms with Crippen LogP contribution in [-0.2, 0) is 5.75 Å². The molecule has 1 aliphatic carbocycles. The minimum Gasteiger partial charge on any atom is -0.493 e. The van der Waals surface area contributed by atoms with Crippen LogP contribution >= 0.6 is 11.8 Å². The molecule has 3 heterocycles. The first-order valence-corrected chi connectivity index (χ1v) is 12.4. The third-order valence-electron chi connectivity index (χ3n) is 6.06. The second-order valence-corrected chi connectivity index (χ2v) is 9.10. The summed E-state index contributed by atoms with van der Waals surface area (Å²) in [5.74, 6) is 4.41. The molecule has 0 radical (unpaired) electrons. The van der Waals surface area contributed by atoms with Crippen LogP contribution in [0.2, 0.25) is 0 Å². The maximum Gasteiger partial charge on any atom is 0.238 e. The normalized spacial score (nSPS) is 14.3. The van der Waals surface area contributed by atoms with E-state index >= 15 is 0 Å². The third-order valence-corrected chi connectivity index (χ3v) is 6.99. The lowest BCUT2D eigenvalue weighted by atomic mass is 9.95.